The second-order valence-electron chi connectivity index (χ2n) is 4.89. The predicted molar refractivity (Wildman–Crippen MR) is 87.0 cm³/mol. The van der Waals surface area contributed by atoms with Gasteiger partial charge in [-0.15, -0.1) is 0 Å². The summed E-state index contributed by atoms with van der Waals surface area (Å²) in [5, 5.41) is 5.64. The highest BCUT2D eigenvalue weighted by atomic mass is 35.5. The van der Waals surface area contributed by atoms with Gasteiger partial charge in [0.05, 0.1) is 0 Å². The third-order valence-electron chi connectivity index (χ3n) is 3.17. The zero-order valence-electron chi connectivity index (χ0n) is 12.1. The third-order valence-corrected chi connectivity index (χ3v) is 3.41. The van der Waals surface area contributed by atoms with Gasteiger partial charge < -0.3 is 10.6 Å². The molecule has 0 bridgehead atoms. The number of carbonyl (C=O) groups is 2. The smallest absolute Gasteiger partial charge is 0.212 e. The Hall–Kier alpha value is -2.47. The van der Waals surface area contributed by atoms with E-state index in [0.717, 1.165) is 16.8 Å². The van der Waals surface area contributed by atoms with Crippen molar-refractivity contribution in [2.45, 2.75) is 18.8 Å². The van der Waals surface area contributed by atoms with Crippen LogP contribution in [0.4, 0.5) is 15.9 Å². The minimum Gasteiger partial charge on any atom is -0.328 e. The predicted octanol–water partition coefficient (Wildman–Crippen LogP) is 3.57. The minimum absolute atomic E-state index is 0.218. The summed E-state index contributed by atoms with van der Waals surface area (Å²) in [5.74, 6) is 0.399. The van der Waals surface area contributed by atoms with Gasteiger partial charge in [-0.1, -0.05) is 11.6 Å². The molecule has 0 radical (unpaired) electrons. The van der Waals surface area contributed by atoms with Crippen molar-refractivity contribution in [1.82, 2.24) is 4.98 Å². The molecule has 0 aliphatic heterocycles. The molecule has 0 unspecified atom stereocenters. The summed E-state index contributed by atoms with van der Waals surface area (Å²) < 4.78 is 12.3. The number of pyridine rings is 1. The number of aromatic nitrogens is 1. The standard InChI is InChI=1S/C10H10ClNO.C6H5FN2O/c11-8-3-4-10(12-6-13)9(5-8)7-1-2-7;7-5-1-2-8-6(3-5)9-4-10/h3-7H,1-2H2,(H,12,13);1-4H,(H,8,9,10). The average molecular weight is 336 g/mol. The lowest BCUT2D eigenvalue weighted by Crippen LogP contribution is -1.97. The number of carbonyl (C=O) groups excluding carboxylic acids is 2. The van der Waals surface area contributed by atoms with Gasteiger partial charge >= 0.3 is 0 Å². The van der Waals surface area contributed by atoms with Crippen molar-refractivity contribution >= 4 is 35.9 Å². The van der Waals surface area contributed by atoms with E-state index in [1.807, 2.05) is 12.1 Å². The second kappa shape index (κ2) is 8.24. The van der Waals surface area contributed by atoms with E-state index in [-0.39, 0.29) is 5.82 Å². The van der Waals surface area contributed by atoms with E-state index in [0.29, 0.717) is 18.7 Å². The van der Waals surface area contributed by atoms with E-state index >= 15 is 0 Å². The number of benzene rings is 1. The molecule has 1 aliphatic rings. The van der Waals surface area contributed by atoms with Gasteiger partial charge in [-0.25, -0.2) is 9.37 Å². The summed E-state index contributed by atoms with van der Waals surface area (Å²) in [6.45, 7) is 0. The highest BCUT2D eigenvalue weighted by Gasteiger charge is 2.26. The van der Waals surface area contributed by atoms with E-state index in [1.54, 1.807) is 6.07 Å². The lowest BCUT2D eigenvalue weighted by atomic mass is 10.1. The van der Waals surface area contributed by atoms with Crippen LogP contribution in [-0.4, -0.2) is 17.8 Å². The fourth-order valence-corrected chi connectivity index (χ4v) is 2.19. The van der Waals surface area contributed by atoms with Crippen LogP contribution in [0.1, 0.15) is 24.3 Å². The first-order valence-electron chi connectivity index (χ1n) is 6.95. The highest BCUT2D eigenvalue weighted by molar-refractivity contribution is 6.30. The molecule has 0 atom stereocenters. The van der Waals surface area contributed by atoms with E-state index in [1.165, 1.54) is 30.7 Å². The number of nitrogens with zero attached hydrogens (tertiary/aromatic N) is 1. The van der Waals surface area contributed by atoms with E-state index < -0.39 is 5.82 Å². The van der Waals surface area contributed by atoms with Crippen LogP contribution in [-0.2, 0) is 9.59 Å². The normalized spacial score (nSPS) is 12.6. The van der Waals surface area contributed by atoms with Gasteiger partial charge in [-0.2, -0.15) is 0 Å². The van der Waals surface area contributed by atoms with Gasteiger partial charge in [0.15, 0.2) is 0 Å². The number of nitrogens with one attached hydrogen (secondary N) is 2. The number of halogens is 2. The van der Waals surface area contributed by atoms with Gasteiger partial charge in [0, 0.05) is 23.0 Å². The number of anilines is 2. The van der Waals surface area contributed by atoms with Crippen LogP contribution >= 0.6 is 11.6 Å². The van der Waals surface area contributed by atoms with Crippen molar-refractivity contribution in [3.8, 4) is 0 Å². The summed E-state index contributed by atoms with van der Waals surface area (Å²) in [7, 11) is 0. The maximum atomic E-state index is 12.3. The summed E-state index contributed by atoms with van der Waals surface area (Å²) in [4.78, 5) is 23.8. The molecule has 1 saturated carbocycles. The Morgan fingerprint density at radius 1 is 1.13 bits per heavy atom. The molecule has 1 heterocycles. The first-order chi connectivity index (χ1) is 11.1. The molecule has 0 saturated heterocycles. The van der Waals surface area contributed by atoms with Crippen LogP contribution in [0.3, 0.4) is 0 Å². The fraction of sp³-hybridized carbons (Fsp3) is 0.188. The van der Waals surface area contributed by atoms with E-state index in [9.17, 15) is 14.0 Å². The fourth-order valence-electron chi connectivity index (χ4n) is 2.00. The molecule has 0 spiro atoms. The van der Waals surface area contributed by atoms with Crippen molar-refractivity contribution in [3.05, 3.63) is 52.9 Å². The Bertz CT molecular complexity index is 693. The molecule has 1 aromatic carbocycles. The first-order valence-corrected chi connectivity index (χ1v) is 7.33. The van der Waals surface area contributed by atoms with Crippen LogP contribution in [0.15, 0.2) is 36.5 Å². The van der Waals surface area contributed by atoms with Crippen LogP contribution in [0.25, 0.3) is 0 Å². The molecule has 5 nitrogen and oxygen atoms in total. The monoisotopic (exact) mass is 335 g/mol. The molecule has 2 aromatic rings. The number of rotatable bonds is 5. The van der Waals surface area contributed by atoms with Crippen molar-refractivity contribution in [1.29, 1.82) is 0 Å². The zero-order chi connectivity index (χ0) is 16.7. The maximum absolute atomic E-state index is 12.3. The topological polar surface area (TPSA) is 71.1 Å². The highest BCUT2D eigenvalue weighted by Crippen LogP contribution is 2.44. The molecular weight excluding hydrogens is 321 g/mol. The second-order valence-corrected chi connectivity index (χ2v) is 5.33. The van der Waals surface area contributed by atoms with Crippen LogP contribution < -0.4 is 10.6 Å². The molecular formula is C16H15ClFN3O2. The van der Waals surface area contributed by atoms with E-state index in [4.69, 9.17) is 11.6 Å². The molecule has 1 aliphatic carbocycles. The van der Waals surface area contributed by atoms with Gasteiger partial charge in [-0.3, -0.25) is 9.59 Å². The summed E-state index contributed by atoms with van der Waals surface area (Å²) in [5.41, 5.74) is 2.06. The third kappa shape index (κ3) is 5.34. The molecule has 1 aromatic heterocycles. The largest absolute Gasteiger partial charge is 0.328 e. The lowest BCUT2D eigenvalue weighted by Gasteiger charge is -2.06. The van der Waals surface area contributed by atoms with Gasteiger partial charge in [-0.05, 0) is 48.6 Å². The minimum atomic E-state index is -0.417. The number of hydrogen-bond acceptors (Lipinski definition) is 3. The van der Waals surface area contributed by atoms with Crippen LogP contribution in [0.2, 0.25) is 5.02 Å². The van der Waals surface area contributed by atoms with Crippen molar-refractivity contribution in [2.24, 2.45) is 0 Å². The molecule has 2 N–H and O–H groups in total. The molecule has 23 heavy (non-hydrogen) atoms. The Kier molecular flexibility index (Phi) is 6.05. The summed E-state index contributed by atoms with van der Waals surface area (Å²) in [6, 6.07) is 7.92. The zero-order valence-corrected chi connectivity index (χ0v) is 12.9. The maximum Gasteiger partial charge on any atom is 0.212 e. The van der Waals surface area contributed by atoms with Gasteiger partial charge in [0.2, 0.25) is 12.8 Å². The summed E-state index contributed by atoms with van der Waals surface area (Å²) in [6.07, 6.45) is 4.83. The Morgan fingerprint density at radius 2 is 1.87 bits per heavy atom. The molecule has 7 heteroatoms. The van der Waals surface area contributed by atoms with Crippen LogP contribution in [0.5, 0.6) is 0 Å². The van der Waals surface area contributed by atoms with Crippen molar-refractivity contribution < 1.29 is 14.0 Å². The quantitative estimate of drug-likeness (QED) is 0.820. The Labute approximate surface area is 137 Å². The lowest BCUT2D eigenvalue weighted by molar-refractivity contribution is -0.106. The molecule has 120 valence electrons. The summed E-state index contributed by atoms with van der Waals surface area (Å²) >= 11 is 5.87. The molecule has 2 amide bonds. The van der Waals surface area contributed by atoms with Gasteiger partial charge in [0.1, 0.15) is 11.6 Å². The van der Waals surface area contributed by atoms with Gasteiger partial charge in [0.25, 0.3) is 0 Å². The Balaban J connectivity index is 0.000000174. The SMILES string of the molecule is O=CNc1cc(F)ccn1.O=CNc1ccc(Cl)cc1C1CC1. The van der Waals surface area contributed by atoms with Crippen molar-refractivity contribution in [2.75, 3.05) is 10.6 Å². The van der Waals surface area contributed by atoms with Crippen molar-refractivity contribution in [3.63, 3.8) is 0 Å². The van der Waals surface area contributed by atoms with E-state index in [2.05, 4.69) is 15.6 Å². The molecule has 1 fully saturated rings. The number of hydrogen-bond donors (Lipinski definition) is 2. The molecule has 3 rings (SSSR count). The van der Waals surface area contributed by atoms with Crippen LogP contribution in [0, 0.1) is 5.82 Å². The Morgan fingerprint density at radius 3 is 2.48 bits per heavy atom. The first kappa shape index (κ1) is 16.9. The average Bonchev–Trinajstić information content (AvgIpc) is 3.35. The number of amides is 2.